The van der Waals surface area contributed by atoms with Crippen LogP contribution in [0.3, 0.4) is 0 Å². The van der Waals surface area contributed by atoms with Crippen LogP contribution >= 0.6 is 0 Å². The van der Waals surface area contributed by atoms with Gasteiger partial charge in [0.2, 0.25) is 17.1 Å². The van der Waals surface area contributed by atoms with Gasteiger partial charge in [0, 0.05) is 183 Å². The van der Waals surface area contributed by atoms with Gasteiger partial charge < -0.3 is 58.1 Å². The van der Waals surface area contributed by atoms with Crippen molar-refractivity contribution in [3.05, 3.63) is 378 Å². The fourth-order valence-electron chi connectivity index (χ4n) is 23.0. The van der Waals surface area contributed by atoms with Crippen LogP contribution in [0.2, 0.25) is 39.3 Å². The molecule has 0 unspecified atom stereocenters. The highest BCUT2D eigenvalue weighted by molar-refractivity contribution is 7.03. The van der Waals surface area contributed by atoms with Gasteiger partial charge in [-0.3, -0.25) is 15.0 Å². The first-order valence-corrected chi connectivity index (χ1v) is 60.2. The molecule has 18 nitrogen and oxygen atoms in total. The Hall–Kier alpha value is -14.6. The second-order valence-electron chi connectivity index (χ2n) is 43.8. The van der Waals surface area contributed by atoms with Crippen molar-refractivity contribution < 1.29 is 32.6 Å². The van der Waals surface area contributed by atoms with Crippen molar-refractivity contribution >= 4 is 95.3 Å². The van der Waals surface area contributed by atoms with Crippen LogP contribution in [0, 0.1) is 41.5 Å². The molecule has 24 rings (SSSR count). The number of rotatable bonds is 6. The summed E-state index contributed by atoms with van der Waals surface area (Å²) >= 11 is 0. The SMILES string of the molecule is Cc1cc2c(cc1-c1cccc[n+]1C)C(C)(C)c1ncccc1C2(C)C.Cc1cc2c(cc1-c1cccc[n+]1C)C(C)(C)c1ncccc1N2C.Cc1cc2c(cc1-c1cccc[n+]1C)[Si](C)(C)c1ncccc1N2C.Cc1ccc2c(c1N1C=CN(C)[C@@H]1C)Oc1ccccc1O2.Cc1ccc2c(c1N1C=CN(C)[C@@H]1C)Oc1ccccc1[Si]2(C)C.Cc1ccc2c(c1N1C=CN(C)[C@@H]1C)[Si](C)(C)c1ccccc1O2. The smallest absolute Gasteiger partial charge is 0.212 e. The largest absolute Gasteiger partial charge is 0.458 e. The minimum absolute atomic E-state index is 0.0450. The molecule has 0 radical (unpaired) electrons. The molecule has 21 heteroatoms. The molecule has 3 atom stereocenters. The number of pyridine rings is 6. The van der Waals surface area contributed by atoms with Crippen molar-refractivity contribution in [2.24, 2.45) is 21.1 Å². The molecular formula is C125H141N14O4Si3+3. The average molecular weight is 1990 g/mol. The average Bonchev–Trinajstić information content (AvgIpc) is 0.822. The number of aromatic nitrogens is 6. The van der Waals surface area contributed by atoms with E-state index in [2.05, 4.69) is 502 Å². The van der Waals surface area contributed by atoms with Gasteiger partial charge in [-0.1, -0.05) is 152 Å². The number of hydrogen-bond acceptors (Lipinski definition) is 15. The maximum atomic E-state index is 6.46. The zero-order chi connectivity index (χ0) is 104. The van der Waals surface area contributed by atoms with E-state index >= 15 is 0 Å². The number of fused-ring (bicyclic) bond motifs is 12. The topological polar surface area (TPSA) is 113 Å². The van der Waals surface area contributed by atoms with Gasteiger partial charge in [0.15, 0.2) is 47.3 Å². The summed E-state index contributed by atoms with van der Waals surface area (Å²) in [6.45, 7) is 48.1. The lowest BCUT2D eigenvalue weighted by Gasteiger charge is -2.43. The fraction of sp³-hybridized carbons (Fsp3) is 0.280. The van der Waals surface area contributed by atoms with Crippen molar-refractivity contribution in [1.29, 1.82) is 0 Å². The predicted molar refractivity (Wildman–Crippen MR) is 609 cm³/mol. The molecule has 0 N–H and O–H groups in total. The third-order valence-electron chi connectivity index (χ3n) is 32.3. The van der Waals surface area contributed by atoms with Crippen molar-refractivity contribution in [2.45, 2.75) is 178 Å². The molecule has 1 aliphatic carbocycles. The lowest BCUT2D eigenvalue weighted by Crippen LogP contribution is -2.60. The minimum Gasteiger partial charge on any atom is -0.458 e. The van der Waals surface area contributed by atoms with E-state index in [1.165, 1.54) is 155 Å². The summed E-state index contributed by atoms with van der Waals surface area (Å²) in [6, 6.07) is 83.8. The maximum absolute atomic E-state index is 6.46. The van der Waals surface area contributed by atoms with Crippen molar-refractivity contribution in [2.75, 3.05) is 59.7 Å². The van der Waals surface area contributed by atoms with Gasteiger partial charge in [0.25, 0.3) is 0 Å². The normalized spacial score (nSPS) is 17.6. The fourth-order valence-corrected chi connectivity index (χ4v) is 31.9. The lowest BCUT2D eigenvalue weighted by atomic mass is 9.61. The summed E-state index contributed by atoms with van der Waals surface area (Å²) in [5.41, 5.74) is 31.4. The Morgan fingerprint density at radius 1 is 0.295 bits per heavy atom. The van der Waals surface area contributed by atoms with Gasteiger partial charge in [-0.2, -0.15) is 0 Å². The summed E-state index contributed by atoms with van der Waals surface area (Å²) in [5.74, 6) is 7.19. The molecule has 0 saturated carbocycles. The molecule has 146 heavy (non-hydrogen) atoms. The van der Waals surface area contributed by atoms with Crippen LogP contribution in [0.4, 0.5) is 39.8 Å². The number of aryl methyl sites for hydroxylation is 9. The molecule has 8 aliphatic heterocycles. The van der Waals surface area contributed by atoms with Gasteiger partial charge in [-0.25, -0.2) is 13.7 Å². The Kier molecular flexibility index (Phi) is 26.3. The zero-order valence-corrected chi connectivity index (χ0v) is 93.6. The summed E-state index contributed by atoms with van der Waals surface area (Å²) < 4.78 is 31.5. The second-order valence-corrected chi connectivity index (χ2v) is 56.7. The van der Waals surface area contributed by atoms with Crippen LogP contribution in [-0.2, 0) is 37.4 Å². The molecular weight excluding hydrogens is 1850 g/mol. The van der Waals surface area contributed by atoms with E-state index in [4.69, 9.17) is 33.9 Å². The second kappa shape index (κ2) is 38.4. The summed E-state index contributed by atoms with van der Waals surface area (Å²) in [4.78, 5) is 32.4. The molecule has 0 fully saturated rings. The van der Waals surface area contributed by atoms with Gasteiger partial charge in [-0.05, 0) is 268 Å². The minimum atomic E-state index is -1.85. The van der Waals surface area contributed by atoms with Crippen LogP contribution in [-0.4, -0.2) is 108 Å². The summed E-state index contributed by atoms with van der Waals surface area (Å²) in [7, 11) is 11.5. The quantitative estimate of drug-likeness (QED) is 0.116. The molecule has 744 valence electrons. The Balaban J connectivity index is 0.000000111. The molecule has 6 aromatic heterocycles. The van der Waals surface area contributed by atoms with E-state index in [0.717, 1.165) is 62.9 Å². The maximum Gasteiger partial charge on any atom is 0.212 e. The van der Waals surface area contributed by atoms with Crippen molar-refractivity contribution in [1.82, 2.24) is 29.7 Å². The van der Waals surface area contributed by atoms with Gasteiger partial charge >= 0.3 is 0 Å². The molecule has 0 spiro atoms. The number of benzene rings is 9. The van der Waals surface area contributed by atoms with Gasteiger partial charge in [0.1, 0.15) is 81.1 Å². The first-order chi connectivity index (χ1) is 69.5. The predicted octanol–water partition coefficient (Wildman–Crippen LogP) is 23.4. The molecule has 15 aromatic rings. The molecule has 0 bridgehead atoms. The summed E-state index contributed by atoms with van der Waals surface area (Å²) in [5, 5.41) is 8.30. The number of anilines is 7. The molecule has 0 saturated heterocycles. The third kappa shape index (κ3) is 17.4. The first-order valence-electron chi connectivity index (χ1n) is 51.2. The van der Waals surface area contributed by atoms with Crippen LogP contribution in [0.25, 0.3) is 33.8 Å². The highest BCUT2D eigenvalue weighted by atomic mass is 28.3. The highest BCUT2D eigenvalue weighted by Crippen LogP contribution is 2.55. The van der Waals surface area contributed by atoms with E-state index in [0.29, 0.717) is 12.3 Å². The summed E-state index contributed by atoms with van der Waals surface area (Å²) in [6.07, 6.45) is 25.7. The Labute approximate surface area is 868 Å². The molecule has 9 aliphatic rings. The van der Waals surface area contributed by atoms with E-state index in [-0.39, 0.29) is 22.4 Å². The standard InChI is InChI=1S/C24H27N2.C22H24N3.C21H24N3Si.2C20H24N2OSi.C18H18N2O2/c1-16-14-19-20(15-17(16)21-11-7-8-13-26(21)6)24(4,5)22-18(23(19,2)3)10-9-12-25-22;1-15-13-20-17(14-16(15)18-9-6-7-12-24(18)4)22(2,3)21-19(25(20)5)10-8-11-23-21;1-15-13-19-20(14-16(15)17-9-6-7-12-23(17)2)25(4,5)21-18(24(19)3)10-8-11-22-21;1-14-10-11-17-20(19(14)22-13-12-21(3)15(22)2)24(4,5)18-9-7-6-8-16(18)23-17;1-14-10-11-18-20(19(14)22-13-12-21(3)15(22)2)23-16-8-6-7-9-17(16)24(18,4)5;1-12-8-9-16-18(17(12)20-11-10-19(3)13(20)2)22-15-7-5-4-6-14(15)21-16/h7-15H,1-6H3;2*6-14H,1-5H3;2*6-13,15H,1-5H3;4-11,13H,1-3H3/q3*+1;;;/t;;;2*15-;13-/m...000/s1. The van der Waals surface area contributed by atoms with E-state index in [9.17, 15) is 0 Å². The molecule has 0 amide bonds. The Morgan fingerprint density at radius 3 is 1.25 bits per heavy atom. The Morgan fingerprint density at radius 2 is 0.699 bits per heavy atom. The van der Waals surface area contributed by atoms with Gasteiger partial charge in [-0.15, -0.1) is 0 Å². The van der Waals surface area contributed by atoms with Crippen LogP contribution in [0.5, 0.6) is 46.0 Å². The number of hydrogen-bond donors (Lipinski definition) is 0. The van der Waals surface area contributed by atoms with Gasteiger partial charge in [0.05, 0.1) is 39.5 Å². The van der Waals surface area contributed by atoms with Crippen molar-refractivity contribution in [3.63, 3.8) is 0 Å². The Bertz CT molecular complexity index is 7590. The number of nitrogens with zero attached hydrogens (tertiary/aromatic N) is 14. The molecule has 14 heterocycles. The van der Waals surface area contributed by atoms with E-state index in [1.54, 1.807) is 0 Å². The van der Waals surface area contributed by atoms with Crippen LogP contribution in [0.1, 0.15) is 129 Å². The highest BCUT2D eigenvalue weighted by Gasteiger charge is 2.48. The monoisotopic (exact) mass is 1990 g/mol. The van der Waals surface area contributed by atoms with E-state index < -0.39 is 24.2 Å². The van der Waals surface area contributed by atoms with Crippen molar-refractivity contribution in [3.8, 4) is 79.8 Å². The molecule has 9 aromatic carbocycles. The number of para-hydroxylation sites is 4. The van der Waals surface area contributed by atoms with Crippen LogP contribution < -0.4 is 88.4 Å². The van der Waals surface area contributed by atoms with Crippen LogP contribution in [0.15, 0.2) is 311 Å². The third-order valence-corrected chi connectivity index (χ3v) is 42.6. The lowest BCUT2D eigenvalue weighted by molar-refractivity contribution is -0.660. The first kappa shape index (κ1) is 100. The number of ether oxygens (including phenoxy) is 4. The zero-order valence-electron chi connectivity index (χ0n) is 90.6. The van der Waals surface area contributed by atoms with E-state index in [1.807, 2.05) is 61.1 Å².